The molecule has 1 aliphatic carbocycles. The van der Waals surface area contributed by atoms with Gasteiger partial charge in [0.15, 0.2) is 0 Å². The molecule has 1 saturated carbocycles. The molecule has 1 fully saturated rings. The van der Waals surface area contributed by atoms with Gasteiger partial charge < -0.3 is 5.32 Å². The number of rotatable bonds is 3. The molecule has 1 amide bonds. The predicted octanol–water partition coefficient (Wildman–Crippen LogP) is 3.83. The number of carbonyl (C=O) groups is 1. The minimum absolute atomic E-state index is 0.0502. The van der Waals surface area contributed by atoms with E-state index in [-0.39, 0.29) is 5.91 Å². The van der Waals surface area contributed by atoms with Gasteiger partial charge in [-0.1, -0.05) is 17.7 Å². The molecule has 0 heterocycles. The summed E-state index contributed by atoms with van der Waals surface area (Å²) in [6, 6.07) is 6.00. The molecule has 0 radical (unpaired) electrons. The minimum atomic E-state index is 0.0502. The molecule has 0 unspecified atom stereocenters. The summed E-state index contributed by atoms with van der Waals surface area (Å²) in [5.74, 6) is 0.637. The normalized spacial score (nSPS) is 23.1. The lowest BCUT2D eigenvalue weighted by atomic mass is 9.89. The third-order valence-corrected chi connectivity index (χ3v) is 4.40. The van der Waals surface area contributed by atoms with Crippen LogP contribution in [0.15, 0.2) is 18.2 Å². The minimum Gasteiger partial charge on any atom is -0.352 e. The second-order valence-corrected chi connectivity index (χ2v) is 6.26. The molecule has 1 aromatic rings. The molecule has 1 aliphatic rings. The first-order valence-electron chi connectivity index (χ1n) is 7.06. The largest absolute Gasteiger partial charge is 0.352 e. The van der Waals surface area contributed by atoms with E-state index in [2.05, 4.69) is 5.32 Å². The van der Waals surface area contributed by atoms with E-state index in [4.69, 9.17) is 11.6 Å². The Kier molecular flexibility index (Phi) is 4.87. The van der Waals surface area contributed by atoms with Crippen molar-refractivity contribution in [3.8, 4) is 0 Å². The Morgan fingerprint density at radius 3 is 2.63 bits per heavy atom. The van der Waals surface area contributed by atoms with Crippen LogP contribution in [0.2, 0.25) is 0 Å². The molecular weight excluding hydrogens is 258 g/mol. The lowest BCUT2D eigenvalue weighted by Crippen LogP contribution is -2.31. The predicted molar refractivity (Wildman–Crippen MR) is 79.8 cm³/mol. The van der Waals surface area contributed by atoms with E-state index in [1.165, 1.54) is 0 Å². The highest BCUT2D eigenvalue weighted by atomic mass is 35.5. The molecule has 0 bridgehead atoms. The molecule has 2 rings (SSSR count). The van der Waals surface area contributed by atoms with Crippen molar-refractivity contribution in [2.45, 2.75) is 44.9 Å². The van der Waals surface area contributed by atoms with Crippen LogP contribution in [0.3, 0.4) is 0 Å². The first-order chi connectivity index (χ1) is 9.06. The van der Waals surface area contributed by atoms with Crippen molar-refractivity contribution >= 4 is 17.5 Å². The highest BCUT2D eigenvalue weighted by Crippen LogP contribution is 2.27. The quantitative estimate of drug-likeness (QED) is 0.837. The summed E-state index contributed by atoms with van der Waals surface area (Å²) < 4.78 is 0. The fraction of sp³-hybridized carbons (Fsp3) is 0.562. The highest BCUT2D eigenvalue weighted by Gasteiger charge is 2.20. The van der Waals surface area contributed by atoms with Crippen molar-refractivity contribution in [2.24, 2.45) is 5.92 Å². The van der Waals surface area contributed by atoms with Crippen LogP contribution in [0.5, 0.6) is 0 Å². The third kappa shape index (κ3) is 3.97. The summed E-state index contributed by atoms with van der Waals surface area (Å²) in [5.41, 5.74) is 2.96. The van der Waals surface area contributed by atoms with Crippen LogP contribution in [0, 0.1) is 19.8 Å². The second-order valence-electron chi connectivity index (χ2n) is 5.65. The summed E-state index contributed by atoms with van der Waals surface area (Å²) in [7, 11) is 0. The van der Waals surface area contributed by atoms with Crippen molar-refractivity contribution in [1.82, 2.24) is 5.32 Å². The van der Waals surface area contributed by atoms with E-state index in [0.29, 0.717) is 11.3 Å². The lowest BCUT2D eigenvalue weighted by molar-refractivity contribution is 0.0943. The van der Waals surface area contributed by atoms with Gasteiger partial charge in [-0.3, -0.25) is 4.79 Å². The highest BCUT2D eigenvalue weighted by molar-refractivity contribution is 6.20. The zero-order valence-corrected chi connectivity index (χ0v) is 12.5. The first-order valence-corrected chi connectivity index (χ1v) is 7.49. The molecule has 1 N–H and O–H groups in total. The van der Waals surface area contributed by atoms with Gasteiger partial charge in [-0.15, -0.1) is 11.6 Å². The van der Waals surface area contributed by atoms with Crippen LogP contribution in [-0.2, 0) is 0 Å². The molecule has 3 heteroatoms. The van der Waals surface area contributed by atoms with E-state index >= 15 is 0 Å². The topological polar surface area (TPSA) is 29.1 Å². The van der Waals surface area contributed by atoms with Crippen LogP contribution in [-0.4, -0.2) is 17.8 Å². The Bertz CT molecular complexity index is 450. The number of carbonyl (C=O) groups excluding carboxylic acids is 1. The van der Waals surface area contributed by atoms with E-state index in [0.717, 1.165) is 48.9 Å². The number of nitrogens with one attached hydrogen (secondary N) is 1. The SMILES string of the molecule is Cc1ccc(C)c(C(=O)NCC2CCC(Cl)CC2)c1. The molecule has 0 saturated heterocycles. The number of hydrogen-bond acceptors (Lipinski definition) is 1. The molecule has 19 heavy (non-hydrogen) atoms. The van der Waals surface area contributed by atoms with Gasteiger partial charge in [0, 0.05) is 17.5 Å². The smallest absolute Gasteiger partial charge is 0.251 e. The third-order valence-electron chi connectivity index (χ3n) is 3.97. The molecular formula is C16H22ClNO. The van der Waals surface area contributed by atoms with Crippen molar-refractivity contribution in [1.29, 1.82) is 0 Å². The van der Waals surface area contributed by atoms with Gasteiger partial charge in [-0.25, -0.2) is 0 Å². The number of benzene rings is 1. The van der Waals surface area contributed by atoms with Gasteiger partial charge in [0.05, 0.1) is 0 Å². The Morgan fingerprint density at radius 2 is 1.95 bits per heavy atom. The summed E-state index contributed by atoms with van der Waals surface area (Å²) in [6.07, 6.45) is 4.40. The van der Waals surface area contributed by atoms with Gasteiger partial charge >= 0.3 is 0 Å². The maximum Gasteiger partial charge on any atom is 0.251 e. The Balaban J connectivity index is 1.89. The van der Waals surface area contributed by atoms with Gasteiger partial charge in [-0.2, -0.15) is 0 Å². The number of aryl methyl sites for hydroxylation is 2. The van der Waals surface area contributed by atoms with Gasteiger partial charge in [0.2, 0.25) is 0 Å². The van der Waals surface area contributed by atoms with Crippen LogP contribution in [0.4, 0.5) is 0 Å². The molecule has 0 atom stereocenters. The van der Waals surface area contributed by atoms with E-state index in [9.17, 15) is 4.79 Å². The molecule has 0 spiro atoms. The van der Waals surface area contributed by atoms with E-state index in [1.807, 2.05) is 32.0 Å². The van der Waals surface area contributed by atoms with Gasteiger partial charge in [0.1, 0.15) is 0 Å². The zero-order chi connectivity index (χ0) is 13.8. The molecule has 1 aromatic carbocycles. The maximum absolute atomic E-state index is 12.2. The first kappa shape index (κ1) is 14.4. The average Bonchev–Trinajstić information content (AvgIpc) is 2.40. The van der Waals surface area contributed by atoms with Crippen LogP contribution >= 0.6 is 11.6 Å². The van der Waals surface area contributed by atoms with Crippen molar-refractivity contribution < 1.29 is 4.79 Å². The molecule has 2 nitrogen and oxygen atoms in total. The standard InChI is InChI=1S/C16H22ClNO/c1-11-3-4-12(2)15(9-11)16(19)18-10-13-5-7-14(17)8-6-13/h3-4,9,13-14H,5-8,10H2,1-2H3,(H,18,19). The fourth-order valence-corrected chi connectivity index (χ4v) is 2.89. The van der Waals surface area contributed by atoms with Crippen LogP contribution in [0.1, 0.15) is 47.2 Å². The number of hydrogen-bond donors (Lipinski definition) is 1. The summed E-state index contributed by atoms with van der Waals surface area (Å²) in [6.45, 7) is 4.76. The number of halogens is 1. The summed E-state index contributed by atoms with van der Waals surface area (Å²) in [4.78, 5) is 12.2. The Morgan fingerprint density at radius 1 is 1.26 bits per heavy atom. The lowest BCUT2D eigenvalue weighted by Gasteiger charge is -2.25. The average molecular weight is 280 g/mol. The monoisotopic (exact) mass is 279 g/mol. The van der Waals surface area contributed by atoms with E-state index < -0.39 is 0 Å². The molecule has 0 aliphatic heterocycles. The maximum atomic E-state index is 12.2. The zero-order valence-electron chi connectivity index (χ0n) is 11.7. The molecule has 0 aromatic heterocycles. The van der Waals surface area contributed by atoms with Gasteiger partial charge in [0.25, 0.3) is 5.91 Å². The van der Waals surface area contributed by atoms with E-state index in [1.54, 1.807) is 0 Å². The van der Waals surface area contributed by atoms with Crippen LogP contribution < -0.4 is 5.32 Å². The van der Waals surface area contributed by atoms with Crippen LogP contribution in [0.25, 0.3) is 0 Å². The Labute approximate surface area is 120 Å². The fourth-order valence-electron chi connectivity index (χ4n) is 2.64. The Hall–Kier alpha value is -1.02. The second kappa shape index (κ2) is 6.42. The van der Waals surface area contributed by atoms with Crippen molar-refractivity contribution in [3.63, 3.8) is 0 Å². The van der Waals surface area contributed by atoms with Crippen molar-refractivity contribution in [2.75, 3.05) is 6.54 Å². The number of alkyl halides is 1. The molecule has 104 valence electrons. The van der Waals surface area contributed by atoms with Crippen molar-refractivity contribution in [3.05, 3.63) is 34.9 Å². The number of amides is 1. The summed E-state index contributed by atoms with van der Waals surface area (Å²) >= 11 is 6.09. The van der Waals surface area contributed by atoms with Gasteiger partial charge in [-0.05, 0) is 57.1 Å². The summed E-state index contributed by atoms with van der Waals surface area (Å²) in [5, 5.41) is 3.41.